The maximum atomic E-state index is 13.0. The van der Waals surface area contributed by atoms with Crippen LogP contribution in [0.4, 0.5) is 0 Å². The second-order valence-electron chi connectivity index (χ2n) is 7.76. The summed E-state index contributed by atoms with van der Waals surface area (Å²) in [5, 5.41) is 20.0. The molecule has 1 aliphatic heterocycles. The van der Waals surface area contributed by atoms with Gasteiger partial charge in [-0.1, -0.05) is 12.1 Å². The van der Waals surface area contributed by atoms with Crippen molar-refractivity contribution in [1.82, 2.24) is 0 Å². The lowest BCUT2D eigenvalue weighted by atomic mass is 10.0. The first-order chi connectivity index (χ1) is 16.7. The highest BCUT2D eigenvalue weighted by molar-refractivity contribution is 5.88. The van der Waals surface area contributed by atoms with Crippen LogP contribution in [0.25, 0.3) is 22.1 Å². The number of ether oxygens (including phenoxy) is 4. The maximum absolute atomic E-state index is 13.0. The molecule has 2 N–H and O–H groups in total. The van der Waals surface area contributed by atoms with Crippen molar-refractivity contribution in [2.24, 2.45) is 0 Å². The van der Waals surface area contributed by atoms with Gasteiger partial charge in [0.25, 0.3) is 0 Å². The molecule has 0 spiro atoms. The third-order valence-electron chi connectivity index (χ3n) is 5.15. The summed E-state index contributed by atoms with van der Waals surface area (Å²) in [7, 11) is 0. The van der Waals surface area contributed by atoms with Crippen LogP contribution in [0, 0.1) is 0 Å². The van der Waals surface area contributed by atoms with E-state index in [1.165, 1.54) is 50.5 Å². The zero-order valence-corrected chi connectivity index (χ0v) is 18.8. The smallest absolute Gasteiger partial charge is 0.303 e. The number of phenolic OH excluding ortho intramolecular Hbond substituents is 2. The number of hydrogen-bond donors (Lipinski definition) is 2. The minimum absolute atomic E-state index is 0.0364. The molecule has 35 heavy (non-hydrogen) atoms. The van der Waals surface area contributed by atoms with Gasteiger partial charge in [-0.2, -0.15) is 0 Å². The second-order valence-corrected chi connectivity index (χ2v) is 7.76. The number of carbonyl (C=O) groups is 2. The number of carbonyl (C=O) groups excluding carboxylic acids is 2. The molecule has 10 nitrogen and oxygen atoms in total. The van der Waals surface area contributed by atoms with Gasteiger partial charge in [0.2, 0.25) is 11.7 Å². The van der Waals surface area contributed by atoms with Crippen LogP contribution < -0.4 is 10.2 Å². The molecule has 4 rings (SSSR count). The van der Waals surface area contributed by atoms with Crippen molar-refractivity contribution in [1.29, 1.82) is 0 Å². The molecule has 182 valence electrons. The Kier molecular flexibility index (Phi) is 6.74. The average Bonchev–Trinajstić information content (AvgIpc) is 2.79. The molecule has 1 aromatic heterocycles. The highest BCUT2D eigenvalue weighted by Crippen LogP contribution is 2.32. The Morgan fingerprint density at radius 3 is 2.46 bits per heavy atom. The minimum atomic E-state index is -0.970. The molecule has 3 aromatic rings. The van der Waals surface area contributed by atoms with Gasteiger partial charge < -0.3 is 33.6 Å². The van der Waals surface area contributed by atoms with E-state index in [-0.39, 0.29) is 40.4 Å². The van der Waals surface area contributed by atoms with Crippen LogP contribution in [0.5, 0.6) is 17.2 Å². The molecule has 2 heterocycles. The van der Waals surface area contributed by atoms with Crippen LogP contribution in [0.15, 0.2) is 64.0 Å². The average molecular weight is 482 g/mol. The van der Waals surface area contributed by atoms with E-state index in [9.17, 15) is 24.6 Å². The molecule has 0 saturated heterocycles. The van der Waals surface area contributed by atoms with Crippen LogP contribution in [0.1, 0.15) is 13.8 Å². The van der Waals surface area contributed by atoms with Crippen molar-refractivity contribution in [2.45, 2.75) is 32.3 Å². The first-order valence-corrected chi connectivity index (χ1v) is 10.6. The quantitative estimate of drug-likeness (QED) is 0.398. The van der Waals surface area contributed by atoms with E-state index in [4.69, 9.17) is 23.4 Å². The lowest BCUT2D eigenvalue weighted by Crippen LogP contribution is -2.43. The summed E-state index contributed by atoms with van der Waals surface area (Å²) in [5.41, 5.74) is 0.354. The number of esters is 2. The molecule has 3 atom stereocenters. The fourth-order valence-electron chi connectivity index (χ4n) is 3.58. The lowest BCUT2D eigenvalue weighted by Gasteiger charge is -2.31. The summed E-state index contributed by atoms with van der Waals surface area (Å²) in [6.07, 6.45) is 1.74. The Balaban J connectivity index is 1.59. The van der Waals surface area contributed by atoms with E-state index in [1.54, 1.807) is 18.2 Å². The molecule has 2 aromatic carbocycles. The monoisotopic (exact) mass is 482 g/mol. The summed E-state index contributed by atoms with van der Waals surface area (Å²) < 4.78 is 27.3. The van der Waals surface area contributed by atoms with E-state index in [0.717, 1.165) is 0 Å². The van der Waals surface area contributed by atoms with Gasteiger partial charge in [-0.05, 0) is 29.8 Å². The van der Waals surface area contributed by atoms with Gasteiger partial charge in [-0.25, -0.2) is 0 Å². The van der Waals surface area contributed by atoms with Gasteiger partial charge >= 0.3 is 11.9 Å². The number of hydrogen-bond acceptors (Lipinski definition) is 10. The third-order valence-corrected chi connectivity index (χ3v) is 5.15. The summed E-state index contributed by atoms with van der Waals surface area (Å²) >= 11 is 0. The first kappa shape index (κ1) is 23.8. The molecular formula is C25H22O10. The lowest BCUT2D eigenvalue weighted by molar-refractivity contribution is -0.178. The zero-order valence-electron chi connectivity index (χ0n) is 18.8. The number of aromatic hydroxyl groups is 2. The summed E-state index contributed by atoms with van der Waals surface area (Å²) in [6, 6.07) is 8.67. The van der Waals surface area contributed by atoms with Crippen LogP contribution in [-0.2, 0) is 23.8 Å². The first-order valence-electron chi connectivity index (χ1n) is 10.6. The molecular weight excluding hydrogens is 460 g/mol. The van der Waals surface area contributed by atoms with Crippen molar-refractivity contribution < 1.29 is 43.2 Å². The maximum Gasteiger partial charge on any atom is 0.303 e. The largest absolute Gasteiger partial charge is 0.508 e. The minimum Gasteiger partial charge on any atom is -0.508 e. The van der Waals surface area contributed by atoms with E-state index >= 15 is 0 Å². The topological polar surface area (TPSA) is 142 Å². The summed E-state index contributed by atoms with van der Waals surface area (Å²) in [6.45, 7) is 2.32. The Hall–Kier alpha value is -4.31. The number of rotatable bonds is 6. The Morgan fingerprint density at radius 2 is 1.77 bits per heavy atom. The molecule has 10 heteroatoms. The second kappa shape index (κ2) is 9.90. The molecule has 0 saturated carbocycles. The van der Waals surface area contributed by atoms with Crippen LogP contribution in [0.2, 0.25) is 0 Å². The molecule has 0 unspecified atom stereocenters. The molecule has 0 bridgehead atoms. The van der Waals surface area contributed by atoms with Crippen molar-refractivity contribution in [2.75, 3.05) is 6.61 Å². The highest BCUT2D eigenvalue weighted by Gasteiger charge is 2.31. The van der Waals surface area contributed by atoms with Gasteiger partial charge in [0.15, 0.2) is 0 Å². The zero-order chi connectivity index (χ0) is 25.1. The summed E-state index contributed by atoms with van der Waals surface area (Å²) in [4.78, 5) is 35.5. The Morgan fingerprint density at radius 1 is 1.03 bits per heavy atom. The number of phenols is 2. The van der Waals surface area contributed by atoms with Gasteiger partial charge in [0.1, 0.15) is 53.3 Å². The van der Waals surface area contributed by atoms with Gasteiger partial charge in [-0.3, -0.25) is 14.4 Å². The van der Waals surface area contributed by atoms with Crippen LogP contribution in [-0.4, -0.2) is 47.3 Å². The predicted octanol–water partition coefficient (Wildman–Crippen LogP) is 3.03. The third kappa shape index (κ3) is 5.44. The van der Waals surface area contributed by atoms with Crippen LogP contribution in [0.3, 0.4) is 0 Å². The molecule has 0 radical (unpaired) electrons. The number of fused-ring (bicyclic) bond motifs is 1. The highest BCUT2D eigenvalue weighted by atomic mass is 16.7. The van der Waals surface area contributed by atoms with Crippen LogP contribution >= 0.6 is 0 Å². The van der Waals surface area contributed by atoms with E-state index < -0.39 is 35.9 Å². The van der Waals surface area contributed by atoms with Crippen molar-refractivity contribution in [3.8, 4) is 28.4 Å². The van der Waals surface area contributed by atoms with Gasteiger partial charge in [0.05, 0.1) is 5.56 Å². The van der Waals surface area contributed by atoms with E-state index in [1.807, 2.05) is 0 Å². The predicted molar refractivity (Wildman–Crippen MR) is 122 cm³/mol. The van der Waals surface area contributed by atoms with Crippen molar-refractivity contribution >= 4 is 22.9 Å². The normalized spacial score (nSPS) is 19.3. The Bertz CT molecular complexity index is 1340. The SMILES string of the molecule is CC(=O)OC[C@H]1O[C@H](Oc2cc(O)c3c(=O)c(-c4ccc(O)cc4)coc3c2)C=C[C@@H]1OC(C)=O. The molecule has 1 aliphatic rings. The molecule has 0 fully saturated rings. The van der Waals surface area contributed by atoms with Gasteiger partial charge in [0, 0.05) is 26.0 Å². The van der Waals surface area contributed by atoms with Crippen molar-refractivity contribution in [3.05, 3.63) is 65.0 Å². The fraction of sp³-hybridized carbons (Fsp3) is 0.240. The van der Waals surface area contributed by atoms with Crippen molar-refractivity contribution in [3.63, 3.8) is 0 Å². The molecule has 0 aliphatic carbocycles. The van der Waals surface area contributed by atoms with Gasteiger partial charge in [-0.15, -0.1) is 0 Å². The molecule has 0 amide bonds. The summed E-state index contributed by atoms with van der Waals surface area (Å²) in [5.74, 6) is -1.22. The Labute approximate surface area is 198 Å². The van der Waals surface area contributed by atoms with E-state index in [2.05, 4.69) is 0 Å². The standard InChI is InChI=1S/C25H22O10/c1-13(26)31-12-22-20(33-14(2)27)7-8-23(35-22)34-17-9-19(29)24-21(10-17)32-11-18(25(24)30)15-3-5-16(28)6-4-15/h3-11,20,22-23,28-29H,12H2,1-2H3/t20-,22+,23-/m0/s1. The van der Waals surface area contributed by atoms with E-state index in [0.29, 0.717) is 5.56 Å². The fourth-order valence-corrected chi connectivity index (χ4v) is 3.58. The number of benzene rings is 2.